The van der Waals surface area contributed by atoms with Crippen LogP contribution in [0.25, 0.3) is 22.6 Å². The van der Waals surface area contributed by atoms with Crippen LogP contribution in [0.3, 0.4) is 0 Å². The van der Waals surface area contributed by atoms with Crippen LogP contribution in [0.2, 0.25) is 0 Å². The molecule has 19 heavy (non-hydrogen) atoms. The molecule has 0 amide bonds. The van der Waals surface area contributed by atoms with Crippen molar-refractivity contribution in [1.29, 1.82) is 0 Å². The average Bonchev–Trinajstić information content (AvgIpc) is 3.17. The summed E-state index contributed by atoms with van der Waals surface area (Å²) in [7, 11) is 0. The van der Waals surface area contributed by atoms with Gasteiger partial charge in [-0.3, -0.25) is 0 Å². The Morgan fingerprint density at radius 3 is 3.05 bits per heavy atom. The second kappa shape index (κ2) is 4.24. The molecule has 4 heteroatoms. The van der Waals surface area contributed by atoms with Gasteiger partial charge in [-0.15, -0.1) is 0 Å². The van der Waals surface area contributed by atoms with Crippen LogP contribution in [0.5, 0.6) is 0 Å². The molecule has 0 bridgehead atoms. The lowest BCUT2D eigenvalue weighted by Crippen LogP contribution is -2.08. The second-order valence-corrected chi connectivity index (χ2v) is 4.82. The molecule has 3 aromatic rings. The number of hydrogen-bond donors (Lipinski definition) is 0. The number of fused-ring (bicyclic) bond motifs is 1. The molecular weight excluding hydrogens is 240 g/mol. The first-order valence-electron chi connectivity index (χ1n) is 6.51. The molecule has 0 N–H and O–H groups in total. The van der Waals surface area contributed by atoms with Gasteiger partial charge in [0.05, 0.1) is 12.6 Å². The normalized spacial score (nSPS) is 19.3. The lowest BCUT2D eigenvalue weighted by Gasteiger charge is -2.11. The van der Waals surface area contributed by atoms with E-state index in [0.29, 0.717) is 6.04 Å². The van der Waals surface area contributed by atoms with Crippen molar-refractivity contribution in [3.8, 4) is 11.6 Å². The fraction of sp³-hybridized carbons (Fsp3) is 0.267. The highest BCUT2D eigenvalue weighted by Gasteiger charge is 2.21. The third-order valence-corrected chi connectivity index (χ3v) is 3.61. The van der Waals surface area contributed by atoms with E-state index in [2.05, 4.69) is 9.55 Å². The van der Waals surface area contributed by atoms with Crippen LogP contribution in [-0.4, -0.2) is 22.8 Å². The highest BCUT2D eigenvalue weighted by molar-refractivity contribution is 5.81. The topological polar surface area (TPSA) is 40.2 Å². The van der Waals surface area contributed by atoms with E-state index in [4.69, 9.17) is 9.15 Å². The smallest absolute Gasteiger partial charge is 0.176 e. The van der Waals surface area contributed by atoms with E-state index in [0.717, 1.165) is 42.2 Å². The van der Waals surface area contributed by atoms with Crippen molar-refractivity contribution in [3.63, 3.8) is 0 Å². The predicted octanol–water partition coefficient (Wildman–Crippen LogP) is 3.26. The molecule has 1 unspecified atom stereocenters. The molecule has 1 fully saturated rings. The summed E-state index contributed by atoms with van der Waals surface area (Å²) in [4.78, 5) is 4.44. The molecule has 0 spiro atoms. The Morgan fingerprint density at radius 1 is 1.26 bits per heavy atom. The van der Waals surface area contributed by atoms with E-state index in [1.807, 2.05) is 42.7 Å². The minimum Gasteiger partial charge on any atom is -0.453 e. The Bertz CT molecular complexity index is 675. The van der Waals surface area contributed by atoms with Crippen molar-refractivity contribution in [2.45, 2.75) is 12.5 Å². The van der Waals surface area contributed by atoms with Gasteiger partial charge < -0.3 is 13.7 Å². The number of imidazole rings is 1. The van der Waals surface area contributed by atoms with Gasteiger partial charge in [0.15, 0.2) is 11.6 Å². The molecule has 0 aliphatic carbocycles. The molecule has 96 valence electrons. The van der Waals surface area contributed by atoms with Gasteiger partial charge in [0, 0.05) is 24.4 Å². The van der Waals surface area contributed by atoms with Crippen molar-refractivity contribution in [2.75, 3.05) is 13.2 Å². The number of para-hydroxylation sites is 1. The highest BCUT2D eigenvalue weighted by atomic mass is 16.5. The zero-order chi connectivity index (χ0) is 12.7. The summed E-state index contributed by atoms with van der Waals surface area (Å²) in [5.74, 6) is 1.70. The van der Waals surface area contributed by atoms with Crippen LogP contribution in [0.1, 0.15) is 12.5 Å². The summed E-state index contributed by atoms with van der Waals surface area (Å²) >= 11 is 0. The predicted molar refractivity (Wildman–Crippen MR) is 71.9 cm³/mol. The first-order chi connectivity index (χ1) is 9.42. The molecule has 4 nitrogen and oxygen atoms in total. The summed E-state index contributed by atoms with van der Waals surface area (Å²) < 4.78 is 13.5. The second-order valence-electron chi connectivity index (χ2n) is 4.82. The maximum Gasteiger partial charge on any atom is 0.176 e. The van der Waals surface area contributed by atoms with E-state index < -0.39 is 0 Å². The molecule has 1 saturated heterocycles. The van der Waals surface area contributed by atoms with Crippen molar-refractivity contribution in [2.24, 2.45) is 0 Å². The molecule has 1 aliphatic heterocycles. The number of rotatable bonds is 2. The number of ether oxygens (including phenoxy) is 1. The average molecular weight is 254 g/mol. The van der Waals surface area contributed by atoms with Gasteiger partial charge in [0.1, 0.15) is 5.58 Å². The molecule has 3 heterocycles. The zero-order valence-electron chi connectivity index (χ0n) is 10.5. The Labute approximate surface area is 110 Å². The van der Waals surface area contributed by atoms with Crippen LogP contribution >= 0.6 is 0 Å². The van der Waals surface area contributed by atoms with Crippen LogP contribution in [0.15, 0.2) is 47.1 Å². The summed E-state index contributed by atoms with van der Waals surface area (Å²) in [6, 6.07) is 10.4. The maximum atomic E-state index is 5.89. The van der Waals surface area contributed by atoms with Crippen molar-refractivity contribution >= 4 is 11.0 Å². The standard InChI is InChI=1S/C15H14N2O2/c1-2-4-13-11(3-1)9-14(19-13)15-16-6-7-17(15)12-5-8-18-10-12/h1-4,6-7,9,12H,5,8,10H2. The maximum absolute atomic E-state index is 5.89. The minimum absolute atomic E-state index is 0.366. The first-order valence-corrected chi connectivity index (χ1v) is 6.51. The summed E-state index contributed by atoms with van der Waals surface area (Å²) in [5, 5.41) is 1.11. The number of nitrogens with zero attached hydrogens (tertiary/aromatic N) is 2. The molecule has 1 aliphatic rings. The third-order valence-electron chi connectivity index (χ3n) is 3.61. The molecule has 1 aromatic carbocycles. The van der Waals surface area contributed by atoms with Gasteiger partial charge >= 0.3 is 0 Å². The van der Waals surface area contributed by atoms with Gasteiger partial charge in [0.2, 0.25) is 0 Å². The Morgan fingerprint density at radius 2 is 2.21 bits per heavy atom. The molecular formula is C15H14N2O2. The van der Waals surface area contributed by atoms with E-state index in [9.17, 15) is 0 Å². The minimum atomic E-state index is 0.366. The monoisotopic (exact) mass is 254 g/mol. The van der Waals surface area contributed by atoms with Gasteiger partial charge in [0.25, 0.3) is 0 Å². The van der Waals surface area contributed by atoms with E-state index >= 15 is 0 Å². The van der Waals surface area contributed by atoms with Crippen LogP contribution in [0, 0.1) is 0 Å². The lowest BCUT2D eigenvalue weighted by molar-refractivity contribution is 0.186. The molecule has 4 rings (SSSR count). The number of furan rings is 1. The largest absolute Gasteiger partial charge is 0.453 e. The fourth-order valence-electron chi connectivity index (χ4n) is 2.63. The van der Waals surface area contributed by atoms with Gasteiger partial charge in [-0.1, -0.05) is 18.2 Å². The van der Waals surface area contributed by atoms with Gasteiger partial charge in [-0.25, -0.2) is 4.98 Å². The molecule has 1 atom stereocenters. The number of aromatic nitrogens is 2. The van der Waals surface area contributed by atoms with Gasteiger partial charge in [-0.05, 0) is 18.6 Å². The summed E-state index contributed by atoms with van der Waals surface area (Å²) in [6.45, 7) is 1.58. The van der Waals surface area contributed by atoms with Crippen molar-refractivity contribution < 1.29 is 9.15 Å². The SMILES string of the molecule is c1ccc2oc(-c3nccn3C3CCOC3)cc2c1. The molecule has 2 aromatic heterocycles. The van der Waals surface area contributed by atoms with Crippen LogP contribution < -0.4 is 0 Å². The van der Waals surface area contributed by atoms with Crippen molar-refractivity contribution in [1.82, 2.24) is 9.55 Å². The summed E-state index contributed by atoms with van der Waals surface area (Å²) in [6.07, 6.45) is 4.85. The van der Waals surface area contributed by atoms with Crippen molar-refractivity contribution in [3.05, 3.63) is 42.7 Å². The molecule has 0 radical (unpaired) electrons. The van der Waals surface area contributed by atoms with E-state index in [-0.39, 0.29) is 0 Å². The van der Waals surface area contributed by atoms with Crippen LogP contribution in [0.4, 0.5) is 0 Å². The van der Waals surface area contributed by atoms with E-state index in [1.54, 1.807) is 0 Å². The fourth-order valence-corrected chi connectivity index (χ4v) is 2.63. The lowest BCUT2D eigenvalue weighted by atomic mass is 10.2. The third kappa shape index (κ3) is 1.76. The first kappa shape index (κ1) is 10.8. The van der Waals surface area contributed by atoms with E-state index in [1.165, 1.54) is 0 Å². The Kier molecular flexibility index (Phi) is 2.42. The molecule has 0 saturated carbocycles. The van der Waals surface area contributed by atoms with Gasteiger partial charge in [-0.2, -0.15) is 0 Å². The Hall–Kier alpha value is -2.07. The van der Waals surface area contributed by atoms with Crippen LogP contribution in [-0.2, 0) is 4.74 Å². The zero-order valence-corrected chi connectivity index (χ0v) is 10.5. The highest BCUT2D eigenvalue weighted by Crippen LogP contribution is 2.30. The quantitative estimate of drug-likeness (QED) is 0.704. The summed E-state index contributed by atoms with van der Waals surface area (Å²) in [5.41, 5.74) is 0.898. The number of benzene rings is 1. The Balaban J connectivity index is 1.81. The number of hydrogen-bond acceptors (Lipinski definition) is 3.